The Hall–Kier alpha value is -5.66. The van der Waals surface area contributed by atoms with Gasteiger partial charge in [-0.1, -0.05) is 133 Å². The summed E-state index contributed by atoms with van der Waals surface area (Å²) in [6.07, 6.45) is 0. The van der Waals surface area contributed by atoms with Gasteiger partial charge in [-0.05, 0) is 90.0 Å². The normalized spacial score (nSPS) is 11.9. The molecule has 1 heterocycles. The summed E-state index contributed by atoms with van der Waals surface area (Å²) in [5.74, 6) is 1.76. The van der Waals surface area contributed by atoms with Gasteiger partial charge in [-0.25, -0.2) is 0 Å². The van der Waals surface area contributed by atoms with Crippen LogP contribution in [-0.4, -0.2) is 0 Å². The van der Waals surface area contributed by atoms with Gasteiger partial charge in [0, 0.05) is 11.1 Å². The average Bonchev–Trinajstić information content (AvgIpc) is 3.21. The third-order valence-electron chi connectivity index (χ3n) is 8.85. The molecule has 0 atom stereocenters. The zero-order valence-corrected chi connectivity index (χ0v) is 23.4. The number of ether oxygens (including phenoxy) is 1. The largest absolute Gasteiger partial charge is 0.456 e. The van der Waals surface area contributed by atoms with Crippen LogP contribution in [0.1, 0.15) is 0 Å². The van der Waals surface area contributed by atoms with E-state index in [-0.39, 0.29) is 0 Å². The molecule has 0 radical (unpaired) electrons. The first-order chi connectivity index (χ1) is 21.3. The molecule has 0 spiro atoms. The molecule has 0 amide bonds. The van der Waals surface area contributed by atoms with E-state index in [2.05, 4.69) is 152 Å². The second-order valence-electron chi connectivity index (χ2n) is 11.3. The van der Waals surface area contributed by atoms with Gasteiger partial charge in [-0.2, -0.15) is 0 Å². The van der Waals surface area contributed by atoms with E-state index in [0.29, 0.717) is 0 Å². The molecular weight excluding hydrogens is 520 g/mol. The van der Waals surface area contributed by atoms with Crippen molar-refractivity contribution in [1.82, 2.24) is 0 Å². The molecule has 1 nitrogen and oxygen atoms in total. The molecule has 1 aliphatic heterocycles. The minimum atomic E-state index is 0.877. The van der Waals surface area contributed by atoms with Crippen LogP contribution < -0.4 is 4.74 Å². The van der Waals surface area contributed by atoms with Gasteiger partial charge < -0.3 is 4.74 Å². The summed E-state index contributed by atoms with van der Waals surface area (Å²) in [7, 11) is 0. The standard InChI is InChI=1S/C42H26O/c1-2-12-28-25-29(22-21-27(28)11-1)41-34-16-5-7-18-36(34)42(37-19-8-6-17-35(37)41)30-23-24-40-38(26-30)32-14-4-3-13-31(32)33-15-9-10-20-39(33)43-40/h1-26H. The number of hydrogen-bond donors (Lipinski definition) is 0. The van der Waals surface area contributed by atoms with Gasteiger partial charge in [0.25, 0.3) is 0 Å². The second kappa shape index (κ2) is 9.44. The van der Waals surface area contributed by atoms with Crippen LogP contribution in [0, 0.1) is 0 Å². The predicted octanol–water partition coefficient (Wildman–Crippen LogP) is 11.9. The van der Waals surface area contributed by atoms with Crippen molar-refractivity contribution in [2.24, 2.45) is 0 Å². The predicted molar refractivity (Wildman–Crippen MR) is 181 cm³/mol. The Morgan fingerprint density at radius 2 is 0.767 bits per heavy atom. The first kappa shape index (κ1) is 24.0. The monoisotopic (exact) mass is 546 g/mol. The van der Waals surface area contributed by atoms with Crippen LogP contribution in [-0.2, 0) is 0 Å². The number of para-hydroxylation sites is 1. The fourth-order valence-corrected chi connectivity index (χ4v) is 6.93. The first-order valence-corrected chi connectivity index (χ1v) is 14.8. The molecule has 0 bridgehead atoms. The fraction of sp³-hybridized carbons (Fsp3) is 0. The Morgan fingerprint density at radius 3 is 1.44 bits per heavy atom. The molecule has 9 rings (SSSR count). The van der Waals surface area contributed by atoms with Gasteiger partial charge >= 0.3 is 0 Å². The highest BCUT2D eigenvalue weighted by Crippen LogP contribution is 2.49. The van der Waals surface area contributed by atoms with Crippen LogP contribution in [0.3, 0.4) is 0 Å². The lowest BCUT2D eigenvalue weighted by atomic mass is 9.84. The number of rotatable bonds is 2. The Bertz CT molecular complexity index is 2320. The minimum absolute atomic E-state index is 0.877. The molecule has 8 aromatic rings. The summed E-state index contributed by atoms with van der Waals surface area (Å²) in [5.41, 5.74) is 9.54. The van der Waals surface area contributed by atoms with E-state index in [4.69, 9.17) is 4.74 Å². The summed E-state index contributed by atoms with van der Waals surface area (Å²) in [4.78, 5) is 0. The molecule has 1 aliphatic rings. The zero-order chi connectivity index (χ0) is 28.3. The SMILES string of the molecule is c1ccc2c(c1)Oc1ccc(-c3c4ccccc4c(-c4ccc5ccccc5c4)c4ccccc34)cc1-c1ccccc1-2. The number of benzene rings is 8. The summed E-state index contributed by atoms with van der Waals surface area (Å²) in [5, 5.41) is 7.51. The van der Waals surface area contributed by atoms with Gasteiger partial charge in [-0.3, -0.25) is 0 Å². The van der Waals surface area contributed by atoms with E-state index < -0.39 is 0 Å². The molecule has 0 fully saturated rings. The summed E-state index contributed by atoms with van der Waals surface area (Å²) in [6.45, 7) is 0. The molecule has 0 saturated heterocycles. The Labute approximate surface area is 250 Å². The van der Waals surface area contributed by atoms with E-state index in [0.717, 1.165) is 22.6 Å². The molecule has 1 heteroatoms. The maximum absolute atomic E-state index is 6.56. The zero-order valence-electron chi connectivity index (χ0n) is 23.4. The lowest BCUT2D eigenvalue weighted by Crippen LogP contribution is -1.92. The molecule has 8 aromatic carbocycles. The highest BCUT2D eigenvalue weighted by atomic mass is 16.5. The molecule has 0 N–H and O–H groups in total. The van der Waals surface area contributed by atoms with Crippen molar-refractivity contribution in [2.75, 3.05) is 0 Å². The van der Waals surface area contributed by atoms with E-state index in [1.807, 2.05) is 6.07 Å². The summed E-state index contributed by atoms with van der Waals surface area (Å²) >= 11 is 0. The van der Waals surface area contributed by atoms with Crippen molar-refractivity contribution < 1.29 is 4.74 Å². The van der Waals surface area contributed by atoms with Crippen LogP contribution in [0.25, 0.3) is 76.8 Å². The lowest BCUT2D eigenvalue weighted by molar-refractivity contribution is 0.488. The van der Waals surface area contributed by atoms with E-state index in [1.54, 1.807) is 0 Å². The van der Waals surface area contributed by atoms with Gasteiger partial charge in [0.05, 0.1) is 0 Å². The Balaban J connectivity index is 1.33. The van der Waals surface area contributed by atoms with Gasteiger partial charge in [0.2, 0.25) is 0 Å². The molecule has 0 unspecified atom stereocenters. The first-order valence-electron chi connectivity index (χ1n) is 14.8. The lowest BCUT2D eigenvalue weighted by Gasteiger charge is -2.19. The highest BCUT2D eigenvalue weighted by molar-refractivity contribution is 6.22. The van der Waals surface area contributed by atoms with Crippen molar-refractivity contribution in [2.45, 2.75) is 0 Å². The molecule has 0 aromatic heterocycles. The number of hydrogen-bond acceptors (Lipinski definition) is 1. The maximum atomic E-state index is 6.56. The van der Waals surface area contributed by atoms with Crippen LogP contribution in [0.4, 0.5) is 0 Å². The molecule has 200 valence electrons. The second-order valence-corrected chi connectivity index (χ2v) is 11.3. The minimum Gasteiger partial charge on any atom is -0.456 e. The summed E-state index contributed by atoms with van der Waals surface area (Å²) in [6, 6.07) is 56.8. The molecular formula is C42H26O. The Morgan fingerprint density at radius 1 is 0.302 bits per heavy atom. The van der Waals surface area contributed by atoms with E-state index in [9.17, 15) is 0 Å². The van der Waals surface area contributed by atoms with Crippen molar-refractivity contribution in [3.05, 3.63) is 158 Å². The molecule has 0 aliphatic carbocycles. The summed E-state index contributed by atoms with van der Waals surface area (Å²) < 4.78 is 6.56. The highest BCUT2D eigenvalue weighted by Gasteiger charge is 2.22. The topological polar surface area (TPSA) is 9.23 Å². The molecule has 0 saturated carbocycles. The van der Waals surface area contributed by atoms with Gasteiger partial charge in [-0.15, -0.1) is 0 Å². The third kappa shape index (κ3) is 3.72. The average molecular weight is 547 g/mol. The third-order valence-corrected chi connectivity index (χ3v) is 8.85. The van der Waals surface area contributed by atoms with Crippen molar-refractivity contribution in [1.29, 1.82) is 0 Å². The van der Waals surface area contributed by atoms with Crippen molar-refractivity contribution >= 4 is 32.3 Å². The van der Waals surface area contributed by atoms with Crippen LogP contribution in [0.5, 0.6) is 11.5 Å². The quantitative estimate of drug-likeness (QED) is 0.196. The van der Waals surface area contributed by atoms with Crippen LogP contribution >= 0.6 is 0 Å². The van der Waals surface area contributed by atoms with E-state index in [1.165, 1.54) is 65.7 Å². The van der Waals surface area contributed by atoms with Gasteiger partial charge in [0.1, 0.15) is 11.5 Å². The van der Waals surface area contributed by atoms with Crippen molar-refractivity contribution in [3.8, 4) is 56.0 Å². The Kier molecular flexibility index (Phi) is 5.27. The van der Waals surface area contributed by atoms with Gasteiger partial charge in [0.15, 0.2) is 0 Å². The molecule has 43 heavy (non-hydrogen) atoms. The van der Waals surface area contributed by atoms with Crippen LogP contribution in [0.15, 0.2) is 158 Å². The van der Waals surface area contributed by atoms with E-state index >= 15 is 0 Å². The maximum Gasteiger partial charge on any atom is 0.135 e. The fourth-order valence-electron chi connectivity index (χ4n) is 6.93. The van der Waals surface area contributed by atoms with Crippen LogP contribution in [0.2, 0.25) is 0 Å². The smallest absolute Gasteiger partial charge is 0.135 e. The van der Waals surface area contributed by atoms with Crippen molar-refractivity contribution in [3.63, 3.8) is 0 Å². The number of fused-ring (bicyclic) bond motifs is 8.